The normalized spacial score (nSPS) is 15.8. The van der Waals surface area contributed by atoms with Crippen LogP contribution in [0.2, 0.25) is 0 Å². The van der Waals surface area contributed by atoms with E-state index in [2.05, 4.69) is 5.32 Å². The van der Waals surface area contributed by atoms with E-state index in [4.69, 9.17) is 0 Å². The van der Waals surface area contributed by atoms with E-state index < -0.39 is 6.04 Å². The quantitative estimate of drug-likeness (QED) is 0.313. The zero-order chi connectivity index (χ0) is 29.5. The van der Waals surface area contributed by atoms with Crippen molar-refractivity contribution in [3.8, 4) is 0 Å². The van der Waals surface area contributed by atoms with E-state index in [0.717, 1.165) is 42.4 Å². The van der Waals surface area contributed by atoms with E-state index in [1.54, 1.807) is 29.2 Å². The van der Waals surface area contributed by atoms with Gasteiger partial charge in [0.1, 0.15) is 6.04 Å². The second-order valence-corrected chi connectivity index (χ2v) is 11.5. The Labute approximate surface area is 247 Å². The molecule has 7 heteroatoms. The molecule has 0 unspecified atom stereocenters. The minimum Gasteiger partial charge on any atom is -0.352 e. The Hall–Kier alpha value is -4.26. The van der Waals surface area contributed by atoms with Gasteiger partial charge in [0, 0.05) is 32.0 Å². The third-order valence-corrected chi connectivity index (χ3v) is 8.31. The van der Waals surface area contributed by atoms with Crippen LogP contribution in [0.25, 0.3) is 0 Å². The first kappa shape index (κ1) is 29.2. The Morgan fingerprint density at radius 1 is 0.857 bits per heavy atom. The first-order valence-corrected chi connectivity index (χ1v) is 15.1. The summed E-state index contributed by atoms with van der Waals surface area (Å²) < 4.78 is 0. The lowest BCUT2D eigenvalue weighted by Gasteiger charge is -2.33. The molecule has 0 bridgehead atoms. The van der Waals surface area contributed by atoms with E-state index in [9.17, 15) is 19.2 Å². The number of amides is 4. The molecule has 3 aromatic rings. The molecule has 0 spiro atoms. The first-order valence-electron chi connectivity index (χ1n) is 15.1. The Kier molecular flexibility index (Phi) is 9.47. The maximum absolute atomic E-state index is 14.0. The molecule has 0 saturated heterocycles. The van der Waals surface area contributed by atoms with E-state index in [1.807, 2.05) is 61.5 Å². The van der Waals surface area contributed by atoms with Crippen molar-refractivity contribution in [2.24, 2.45) is 0 Å². The van der Waals surface area contributed by atoms with Crippen molar-refractivity contribution in [1.82, 2.24) is 15.1 Å². The second-order valence-electron chi connectivity index (χ2n) is 11.5. The summed E-state index contributed by atoms with van der Waals surface area (Å²) >= 11 is 0. The van der Waals surface area contributed by atoms with Crippen LogP contribution in [-0.2, 0) is 22.6 Å². The van der Waals surface area contributed by atoms with Gasteiger partial charge in [0.15, 0.2) is 0 Å². The number of fused-ring (bicyclic) bond motifs is 1. The molecule has 1 aliphatic heterocycles. The summed E-state index contributed by atoms with van der Waals surface area (Å²) in [6.07, 6.45) is 6.11. The third-order valence-electron chi connectivity index (χ3n) is 8.31. The second kappa shape index (κ2) is 13.6. The van der Waals surface area contributed by atoms with E-state index in [1.165, 1.54) is 11.3 Å². The van der Waals surface area contributed by atoms with Crippen molar-refractivity contribution < 1.29 is 19.2 Å². The molecule has 218 valence electrons. The standard InChI is InChI=1S/C35H39N3O4/c1-25-12-10-15-27(22-25)24-38(32(39)20-11-21-37-34(41)29-18-8-9-19-30(29)35(37)42)31(23-26-13-4-2-5-14-26)33(40)36-28-16-6-3-7-17-28/h2,4-5,8-10,12-15,18-19,22,28,31H,3,6-7,11,16-17,20-21,23-24H2,1H3,(H,36,40)/t31-/m1/s1. The van der Waals surface area contributed by atoms with Gasteiger partial charge in [0.05, 0.1) is 11.1 Å². The number of imide groups is 1. The molecule has 1 saturated carbocycles. The lowest BCUT2D eigenvalue weighted by atomic mass is 9.94. The van der Waals surface area contributed by atoms with Crippen LogP contribution in [0.15, 0.2) is 78.9 Å². The molecule has 1 N–H and O–H groups in total. The number of carbonyl (C=O) groups excluding carboxylic acids is 4. The largest absolute Gasteiger partial charge is 0.352 e. The zero-order valence-electron chi connectivity index (χ0n) is 24.3. The number of rotatable bonds is 11. The predicted molar refractivity (Wildman–Crippen MR) is 162 cm³/mol. The molecule has 42 heavy (non-hydrogen) atoms. The van der Waals surface area contributed by atoms with Crippen LogP contribution in [-0.4, -0.2) is 52.1 Å². The highest BCUT2D eigenvalue weighted by Gasteiger charge is 2.36. The van der Waals surface area contributed by atoms with Crippen LogP contribution >= 0.6 is 0 Å². The van der Waals surface area contributed by atoms with Gasteiger partial charge in [-0.1, -0.05) is 91.6 Å². The molecule has 0 radical (unpaired) electrons. The van der Waals surface area contributed by atoms with Crippen LogP contribution in [0, 0.1) is 6.92 Å². The minimum atomic E-state index is -0.693. The summed E-state index contributed by atoms with van der Waals surface area (Å²) in [6.45, 7) is 2.45. The van der Waals surface area contributed by atoms with Crippen LogP contribution in [0.1, 0.15) is 82.4 Å². The van der Waals surface area contributed by atoms with Gasteiger partial charge in [0.2, 0.25) is 11.8 Å². The van der Waals surface area contributed by atoms with Gasteiger partial charge in [0.25, 0.3) is 11.8 Å². The highest BCUT2D eigenvalue weighted by atomic mass is 16.2. The summed E-state index contributed by atoms with van der Waals surface area (Å²) in [5.74, 6) is -0.957. The maximum Gasteiger partial charge on any atom is 0.261 e. The number of aryl methyl sites for hydroxylation is 1. The van der Waals surface area contributed by atoms with Crippen molar-refractivity contribution in [1.29, 1.82) is 0 Å². The smallest absolute Gasteiger partial charge is 0.261 e. The molecule has 2 aliphatic rings. The number of nitrogens with one attached hydrogen (secondary N) is 1. The molecule has 5 rings (SSSR count). The molecule has 0 aromatic heterocycles. The molecule has 1 fully saturated rings. The number of nitrogens with zero attached hydrogens (tertiary/aromatic N) is 2. The van der Waals surface area contributed by atoms with Crippen LogP contribution in [0.3, 0.4) is 0 Å². The fourth-order valence-electron chi connectivity index (χ4n) is 6.08. The molecule has 1 aliphatic carbocycles. The molecular weight excluding hydrogens is 526 g/mol. The van der Waals surface area contributed by atoms with Crippen molar-refractivity contribution >= 4 is 23.6 Å². The predicted octanol–water partition coefficient (Wildman–Crippen LogP) is 5.46. The monoisotopic (exact) mass is 565 g/mol. The van der Waals surface area contributed by atoms with Crippen molar-refractivity contribution in [2.45, 2.75) is 76.9 Å². The topological polar surface area (TPSA) is 86.8 Å². The number of carbonyl (C=O) groups is 4. The Morgan fingerprint density at radius 2 is 1.50 bits per heavy atom. The van der Waals surface area contributed by atoms with Gasteiger partial charge >= 0.3 is 0 Å². The molecule has 7 nitrogen and oxygen atoms in total. The number of hydrogen-bond acceptors (Lipinski definition) is 4. The lowest BCUT2D eigenvalue weighted by Crippen LogP contribution is -2.53. The van der Waals surface area contributed by atoms with Crippen molar-refractivity contribution in [2.75, 3.05) is 6.54 Å². The van der Waals surface area contributed by atoms with Gasteiger partial charge in [-0.05, 0) is 49.4 Å². The fraction of sp³-hybridized carbons (Fsp3) is 0.371. The van der Waals surface area contributed by atoms with Gasteiger partial charge in [-0.15, -0.1) is 0 Å². The Morgan fingerprint density at radius 3 is 2.17 bits per heavy atom. The van der Waals surface area contributed by atoms with Crippen LogP contribution in [0.4, 0.5) is 0 Å². The van der Waals surface area contributed by atoms with Gasteiger partial charge in [-0.25, -0.2) is 0 Å². The number of hydrogen-bond donors (Lipinski definition) is 1. The third kappa shape index (κ3) is 6.96. The zero-order valence-corrected chi connectivity index (χ0v) is 24.3. The molecular formula is C35H39N3O4. The van der Waals surface area contributed by atoms with Crippen molar-refractivity contribution in [3.05, 3.63) is 107 Å². The highest BCUT2D eigenvalue weighted by molar-refractivity contribution is 6.21. The van der Waals surface area contributed by atoms with E-state index in [0.29, 0.717) is 30.5 Å². The minimum absolute atomic E-state index is 0.112. The summed E-state index contributed by atoms with van der Waals surface area (Å²) in [4.78, 5) is 56.5. The van der Waals surface area contributed by atoms with Gasteiger partial charge in [-0.2, -0.15) is 0 Å². The summed E-state index contributed by atoms with van der Waals surface area (Å²) in [5.41, 5.74) is 3.81. The fourth-order valence-corrected chi connectivity index (χ4v) is 6.08. The Bertz CT molecular complexity index is 1400. The molecule has 1 heterocycles. The number of benzene rings is 3. The summed E-state index contributed by atoms with van der Waals surface area (Å²) in [6, 6.07) is 24.0. The van der Waals surface area contributed by atoms with Crippen molar-refractivity contribution in [3.63, 3.8) is 0 Å². The molecule has 4 amide bonds. The van der Waals surface area contributed by atoms with Crippen LogP contribution in [0.5, 0.6) is 0 Å². The van der Waals surface area contributed by atoms with E-state index in [-0.39, 0.29) is 42.6 Å². The van der Waals surface area contributed by atoms with Gasteiger partial charge in [-0.3, -0.25) is 24.1 Å². The summed E-state index contributed by atoms with van der Waals surface area (Å²) in [7, 11) is 0. The average molecular weight is 566 g/mol. The lowest BCUT2D eigenvalue weighted by molar-refractivity contribution is -0.141. The maximum atomic E-state index is 14.0. The molecule has 3 aromatic carbocycles. The molecule has 1 atom stereocenters. The highest BCUT2D eigenvalue weighted by Crippen LogP contribution is 2.24. The average Bonchev–Trinajstić information content (AvgIpc) is 3.25. The van der Waals surface area contributed by atoms with Crippen LogP contribution < -0.4 is 5.32 Å². The first-order chi connectivity index (χ1) is 20.4. The Balaban J connectivity index is 1.35. The van der Waals surface area contributed by atoms with Gasteiger partial charge < -0.3 is 10.2 Å². The SMILES string of the molecule is Cc1cccc(CN(C(=O)CCCN2C(=O)c3ccccc3C2=O)[C@H](Cc2ccccc2)C(=O)NC2CCCCC2)c1. The van der Waals surface area contributed by atoms with E-state index >= 15 is 0 Å². The summed E-state index contributed by atoms with van der Waals surface area (Å²) in [5, 5.41) is 3.26.